The molecule has 140 valence electrons. The van der Waals surface area contributed by atoms with E-state index in [0.29, 0.717) is 29.2 Å². The van der Waals surface area contributed by atoms with Gasteiger partial charge in [0, 0.05) is 27.8 Å². The highest BCUT2D eigenvalue weighted by Crippen LogP contribution is 2.24. The minimum Gasteiger partial charge on any atom is -0.345 e. The lowest BCUT2D eigenvalue weighted by Crippen LogP contribution is -2.24. The molecule has 27 heavy (non-hydrogen) atoms. The van der Waals surface area contributed by atoms with Crippen molar-refractivity contribution < 1.29 is 4.79 Å². The number of carbonyl (C=O) groups is 1. The highest BCUT2D eigenvalue weighted by Gasteiger charge is 2.09. The predicted molar refractivity (Wildman–Crippen MR) is 112 cm³/mol. The molecule has 0 aliphatic heterocycles. The summed E-state index contributed by atoms with van der Waals surface area (Å²) in [7, 11) is 0. The Morgan fingerprint density at radius 3 is 2.59 bits per heavy atom. The van der Waals surface area contributed by atoms with Crippen molar-refractivity contribution >= 4 is 41.5 Å². The van der Waals surface area contributed by atoms with Crippen LogP contribution in [0.5, 0.6) is 0 Å². The van der Waals surface area contributed by atoms with Crippen LogP contribution >= 0.6 is 35.6 Å². The summed E-state index contributed by atoms with van der Waals surface area (Å²) in [5.41, 5.74) is 1.77. The van der Waals surface area contributed by atoms with E-state index in [-0.39, 0.29) is 5.91 Å². The number of nitrogens with one attached hydrogen (secondary N) is 2. The molecule has 0 unspecified atom stereocenters. The molecule has 0 radical (unpaired) electrons. The fourth-order valence-corrected chi connectivity index (χ4v) is 3.78. The van der Waals surface area contributed by atoms with Gasteiger partial charge in [-0.25, -0.2) is 0 Å². The highest BCUT2D eigenvalue weighted by molar-refractivity contribution is 7.98. The molecule has 0 saturated heterocycles. The van der Waals surface area contributed by atoms with Gasteiger partial charge in [-0.3, -0.25) is 9.89 Å². The largest absolute Gasteiger partial charge is 0.345 e. The van der Waals surface area contributed by atoms with Gasteiger partial charge in [0.15, 0.2) is 10.6 Å². The van der Waals surface area contributed by atoms with Crippen LogP contribution in [0.25, 0.3) is 0 Å². The number of H-pyrrole nitrogens is 1. The average molecular weight is 419 g/mol. The summed E-state index contributed by atoms with van der Waals surface area (Å²) in [6.45, 7) is 3.02. The van der Waals surface area contributed by atoms with Crippen LogP contribution in [-0.4, -0.2) is 20.7 Å². The van der Waals surface area contributed by atoms with Crippen LogP contribution in [-0.2, 0) is 18.8 Å². The van der Waals surface area contributed by atoms with Gasteiger partial charge >= 0.3 is 0 Å². The van der Waals surface area contributed by atoms with Crippen LogP contribution in [0.2, 0.25) is 5.02 Å². The smallest absolute Gasteiger partial charge is 0.251 e. The van der Waals surface area contributed by atoms with Gasteiger partial charge in [0.1, 0.15) is 0 Å². The monoisotopic (exact) mass is 418 g/mol. The van der Waals surface area contributed by atoms with E-state index in [1.54, 1.807) is 11.8 Å². The fraction of sp³-hybridized carbons (Fsp3) is 0.211. The Bertz CT molecular complexity index is 965. The number of thioether (sulfide) groups is 1. The minimum absolute atomic E-state index is 0.136. The Morgan fingerprint density at radius 1 is 1.22 bits per heavy atom. The molecule has 1 aromatic heterocycles. The molecule has 1 amide bonds. The van der Waals surface area contributed by atoms with Gasteiger partial charge in [-0.15, -0.1) is 11.8 Å². The Hall–Kier alpha value is -2.09. The molecule has 0 atom stereocenters. The van der Waals surface area contributed by atoms with Crippen molar-refractivity contribution in [3.05, 3.63) is 75.3 Å². The maximum Gasteiger partial charge on any atom is 0.251 e. The second kappa shape index (κ2) is 9.21. The van der Waals surface area contributed by atoms with E-state index in [1.807, 2.05) is 60.0 Å². The lowest BCUT2D eigenvalue weighted by Gasteiger charge is -2.07. The quantitative estimate of drug-likeness (QED) is 0.426. The number of aromatic amines is 1. The molecule has 8 heteroatoms. The van der Waals surface area contributed by atoms with Gasteiger partial charge in [0.2, 0.25) is 0 Å². The van der Waals surface area contributed by atoms with Crippen LogP contribution in [0, 0.1) is 4.77 Å². The first-order valence-electron chi connectivity index (χ1n) is 8.46. The van der Waals surface area contributed by atoms with Gasteiger partial charge in [-0.2, -0.15) is 5.10 Å². The Kier molecular flexibility index (Phi) is 6.71. The molecule has 1 heterocycles. The molecule has 0 fully saturated rings. The van der Waals surface area contributed by atoms with Gasteiger partial charge in [0.25, 0.3) is 5.91 Å². The van der Waals surface area contributed by atoms with Crippen molar-refractivity contribution in [2.75, 3.05) is 0 Å². The minimum atomic E-state index is -0.136. The number of benzene rings is 2. The standard InChI is InChI=1S/C19H19ClN4OS2/c1-2-24-17(22-23-19(24)26)11-21-18(25)14-5-3-13(4-6-14)12-27-16-9-7-15(20)8-10-16/h3-10H,2,11-12H2,1H3,(H,21,25)(H,23,26). The van der Waals surface area contributed by atoms with Crippen molar-refractivity contribution in [3.8, 4) is 0 Å². The zero-order chi connectivity index (χ0) is 19.2. The number of amides is 1. The summed E-state index contributed by atoms with van der Waals surface area (Å²) < 4.78 is 2.41. The van der Waals surface area contributed by atoms with Crippen molar-refractivity contribution in [1.29, 1.82) is 0 Å². The molecular weight excluding hydrogens is 400 g/mol. The molecule has 3 rings (SSSR count). The first-order valence-corrected chi connectivity index (χ1v) is 10.2. The number of rotatable bonds is 7. The number of hydrogen-bond acceptors (Lipinski definition) is 4. The molecule has 3 aromatic rings. The molecule has 0 spiro atoms. The number of carbonyl (C=O) groups excluding carboxylic acids is 1. The summed E-state index contributed by atoms with van der Waals surface area (Å²) >= 11 is 12.8. The van der Waals surface area contributed by atoms with E-state index < -0.39 is 0 Å². The third kappa shape index (κ3) is 5.22. The topological polar surface area (TPSA) is 62.7 Å². The Balaban J connectivity index is 1.55. The van der Waals surface area contributed by atoms with Crippen molar-refractivity contribution in [3.63, 3.8) is 0 Å². The van der Waals surface area contributed by atoms with Crippen molar-refractivity contribution in [1.82, 2.24) is 20.1 Å². The van der Waals surface area contributed by atoms with Gasteiger partial charge in [0.05, 0.1) is 6.54 Å². The maximum atomic E-state index is 12.3. The Morgan fingerprint density at radius 2 is 1.93 bits per heavy atom. The molecule has 0 bridgehead atoms. The second-order valence-electron chi connectivity index (χ2n) is 5.81. The summed E-state index contributed by atoms with van der Waals surface area (Å²) in [4.78, 5) is 13.5. The molecule has 0 aliphatic rings. The summed E-state index contributed by atoms with van der Waals surface area (Å²) in [6.07, 6.45) is 0. The predicted octanol–water partition coefficient (Wildman–Crippen LogP) is 4.84. The van der Waals surface area contributed by atoms with Crippen LogP contribution < -0.4 is 5.32 Å². The van der Waals surface area contributed by atoms with Gasteiger partial charge < -0.3 is 9.88 Å². The Labute approximate surface area is 172 Å². The molecule has 0 aliphatic carbocycles. The second-order valence-corrected chi connectivity index (χ2v) is 7.68. The number of aromatic nitrogens is 3. The summed E-state index contributed by atoms with van der Waals surface area (Å²) in [5.74, 6) is 1.41. The van der Waals surface area contributed by atoms with E-state index >= 15 is 0 Å². The number of hydrogen-bond donors (Lipinski definition) is 2. The fourth-order valence-electron chi connectivity index (χ4n) is 2.52. The normalized spacial score (nSPS) is 10.7. The molecule has 2 aromatic carbocycles. The molecule has 0 saturated carbocycles. The first kappa shape index (κ1) is 19.7. The SMILES string of the molecule is CCn1c(CNC(=O)c2ccc(CSc3ccc(Cl)cc3)cc2)n[nH]c1=S. The zero-order valence-corrected chi connectivity index (χ0v) is 17.1. The van der Waals surface area contributed by atoms with Crippen LogP contribution in [0.4, 0.5) is 0 Å². The first-order chi connectivity index (χ1) is 13.1. The van der Waals surface area contributed by atoms with Crippen molar-refractivity contribution in [2.24, 2.45) is 0 Å². The third-order valence-corrected chi connectivity index (χ3v) is 5.64. The summed E-state index contributed by atoms with van der Waals surface area (Å²) in [5, 5.41) is 10.5. The molecule has 5 nitrogen and oxygen atoms in total. The molecule has 2 N–H and O–H groups in total. The third-order valence-electron chi connectivity index (χ3n) is 4.00. The summed E-state index contributed by atoms with van der Waals surface area (Å²) in [6, 6.07) is 15.4. The number of halogens is 1. The van der Waals surface area contributed by atoms with Crippen LogP contribution in [0.3, 0.4) is 0 Å². The van der Waals surface area contributed by atoms with Crippen LogP contribution in [0.15, 0.2) is 53.4 Å². The van der Waals surface area contributed by atoms with Gasteiger partial charge in [-0.1, -0.05) is 23.7 Å². The maximum absolute atomic E-state index is 12.3. The highest BCUT2D eigenvalue weighted by atomic mass is 35.5. The van der Waals surface area contributed by atoms with E-state index in [0.717, 1.165) is 21.2 Å². The number of nitrogens with zero attached hydrogens (tertiary/aromatic N) is 2. The van der Waals surface area contributed by atoms with Crippen molar-refractivity contribution in [2.45, 2.75) is 30.7 Å². The average Bonchev–Trinajstić information content (AvgIpc) is 3.05. The van der Waals surface area contributed by atoms with E-state index in [2.05, 4.69) is 15.5 Å². The van der Waals surface area contributed by atoms with E-state index in [4.69, 9.17) is 23.8 Å². The van der Waals surface area contributed by atoms with Crippen LogP contribution in [0.1, 0.15) is 28.7 Å². The lowest BCUT2D eigenvalue weighted by atomic mass is 10.1. The zero-order valence-electron chi connectivity index (χ0n) is 14.7. The molecular formula is C19H19ClN4OS2. The van der Waals surface area contributed by atoms with E-state index in [9.17, 15) is 4.79 Å². The lowest BCUT2D eigenvalue weighted by molar-refractivity contribution is 0.0949. The van der Waals surface area contributed by atoms with Gasteiger partial charge in [-0.05, 0) is 61.1 Å². The van der Waals surface area contributed by atoms with E-state index in [1.165, 1.54) is 0 Å².